The van der Waals surface area contributed by atoms with Crippen LogP contribution in [-0.2, 0) is 26.1 Å². The van der Waals surface area contributed by atoms with E-state index in [0.29, 0.717) is 11.4 Å². The van der Waals surface area contributed by atoms with Crippen molar-refractivity contribution in [3.05, 3.63) is 23.8 Å². The molecule has 0 saturated carbocycles. The fourth-order valence-electron chi connectivity index (χ4n) is 2.70. The van der Waals surface area contributed by atoms with Crippen molar-refractivity contribution >= 4 is 38.8 Å². The topological polar surface area (TPSA) is 111 Å². The zero-order valence-corrected chi connectivity index (χ0v) is 15.7. The summed E-state index contributed by atoms with van der Waals surface area (Å²) < 4.78 is 28.1. The fraction of sp³-hybridized carbons (Fsp3) is 0.353. The molecule has 1 aromatic carbocycles. The van der Waals surface area contributed by atoms with Crippen molar-refractivity contribution in [2.45, 2.75) is 12.8 Å². The van der Waals surface area contributed by atoms with Gasteiger partial charge in [0.1, 0.15) is 0 Å². The van der Waals surface area contributed by atoms with E-state index in [9.17, 15) is 18.0 Å². The first kappa shape index (κ1) is 18.9. The molecule has 1 aromatic heterocycles. The van der Waals surface area contributed by atoms with Crippen molar-refractivity contribution < 1.29 is 22.2 Å². The van der Waals surface area contributed by atoms with Crippen LogP contribution >= 0.6 is 0 Å². The van der Waals surface area contributed by atoms with E-state index < -0.39 is 16.1 Å². The lowest BCUT2D eigenvalue weighted by Gasteiger charge is -2.24. The Morgan fingerprint density at radius 3 is 2.81 bits per heavy atom. The summed E-state index contributed by atoms with van der Waals surface area (Å²) >= 11 is 0. The van der Waals surface area contributed by atoms with Gasteiger partial charge in [0, 0.05) is 37.4 Å². The van der Waals surface area contributed by atoms with Crippen LogP contribution in [0, 0.1) is 11.8 Å². The van der Waals surface area contributed by atoms with E-state index >= 15 is 0 Å². The Labute approximate surface area is 156 Å². The van der Waals surface area contributed by atoms with Crippen molar-refractivity contribution in [3.63, 3.8) is 0 Å². The summed E-state index contributed by atoms with van der Waals surface area (Å²) in [7, 11) is -1.70. The van der Waals surface area contributed by atoms with E-state index in [2.05, 4.69) is 26.4 Å². The number of nitrogens with one attached hydrogen (secondary N) is 1. The minimum Gasteiger partial charge on any atom is -0.278 e. The lowest BCUT2D eigenvalue weighted by atomic mass is 10.1. The van der Waals surface area contributed by atoms with Crippen LogP contribution in [0.5, 0.6) is 0 Å². The van der Waals surface area contributed by atoms with Crippen LogP contribution in [0.1, 0.15) is 18.4 Å². The van der Waals surface area contributed by atoms with E-state index in [4.69, 9.17) is 0 Å². The maximum Gasteiger partial charge on any atom is 0.329 e. The number of benzene rings is 1. The zero-order chi connectivity index (χ0) is 19.6. The molecule has 3 amide bonds. The van der Waals surface area contributed by atoms with Crippen LogP contribution in [0.2, 0.25) is 0 Å². The van der Waals surface area contributed by atoms with Gasteiger partial charge in [-0.3, -0.25) is 23.9 Å². The van der Waals surface area contributed by atoms with E-state index in [-0.39, 0.29) is 31.9 Å². The van der Waals surface area contributed by atoms with Gasteiger partial charge in [-0.1, -0.05) is 11.8 Å². The summed E-state index contributed by atoms with van der Waals surface area (Å²) in [5, 5.41) is 7.42. The zero-order valence-electron chi connectivity index (χ0n) is 14.9. The number of aromatic nitrogens is 2. The molecule has 2 heterocycles. The highest BCUT2D eigenvalue weighted by Crippen LogP contribution is 2.27. The molecule has 2 aromatic rings. The average Bonchev–Trinajstić information content (AvgIpc) is 2.90. The Morgan fingerprint density at radius 2 is 2.11 bits per heavy atom. The molecule has 0 spiro atoms. The molecular weight excluding hydrogens is 372 g/mol. The Bertz CT molecular complexity index is 1080. The Hall–Kier alpha value is -2.90. The van der Waals surface area contributed by atoms with Gasteiger partial charge < -0.3 is 0 Å². The second kappa shape index (κ2) is 7.38. The Kier molecular flexibility index (Phi) is 5.16. The van der Waals surface area contributed by atoms with Crippen LogP contribution in [-0.4, -0.2) is 49.5 Å². The lowest BCUT2D eigenvalue weighted by molar-refractivity contribution is -0.120. The number of rotatable bonds is 4. The molecule has 27 heavy (non-hydrogen) atoms. The third-order valence-electron chi connectivity index (χ3n) is 3.90. The van der Waals surface area contributed by atoms with Crippen LogP contribution in [0.15, 0.2) is 18.2 Å². The van der Waals surface area contributed by atoms with Crippen molar-refractivity contribution in [3.8, 4) is 11.8 Å². The number of fused-ring (bicyclic) bond motifs is 1. The minimum absolute atomic E-state index is 0.00576. The Morgan fingerprint density at radius 1 is 1.33 bits per heavy atom. The molecule has 0 bridgehead atoms. The van der Waals surface area contributed by atoms with Gasteiger partial charge in [-0.25, -0.2) is 4.79 Å². The number of hydrogen-bond acceptors (Lipinski definition) is 6. The number of nitrogens with zero attached hydrogens (tertiary/aromatic N) is 3. The molecule has 0 radical (unpaired) electrons. The van der Waals surface area contributed by atoms with Gasteiger partial charge in [0.05, 0.1) is 18.4 Å². The smallest absolute Gasteiger partial charge is 0.278 e. The average molecular weight is 390 g/mol. The Balaban J connectivity index is 1.84. The van der Waals surface area contributed by atoms with Crippen LogP contribution in [0.4, 0.5) is 10.6 Å². The van der Waals surface area contributed by atoms with Crippen LogP contribution < -0.4 is 10.2 Å². The van der Waals surface area contributed by atoms with Gasteiger partial charge in [0.2, 0.25) is 5.91 Å². The maximum absolute atomic E-state index is 12.1. The fourth-order valence-corrected chi connectivity index (χ4v) is 3.09. The number of aryl methyl sites for hydroxylation is 1. The summed E-state index contributed by atoms with van der Waals surface area (Å²) in [6.45, 7) is 0.254. The summed E-state index contributed by atoms with van der Waals surface area (Å²) in [4.78, 5) is 24.9. The van der Waals surface area contributed by atoms with Gasteiger partial charge >= 0.3 is 6.03 Å². The van der Waals surface area contributed by atoms with Crippen molar-refractivity contribution in [1.29, 1.82) is 0 Å². The van der Waals surface area contributed by atoms with Gasteiger partial charge in [-0.15, -0.1) is 0 Å². The van der Waals surface area contributed by atoms with Gasteiger partial charge in [0.15, 0.2) is 5.82 Å². The quantitative estimate of drug-likeness (QED) is 0.468. The van der Waals surface area contributed by atoms with E-state index in [0.717, 1.165) is 17.2 Å². The molecular formula is C17H18N4O5S. The molecule has 3 rings (SSSR count). The van der Waals surface area contributed by atoms with Gasteiger partial charge in [0.25, 0.3) is 10.1 Å². The summed E-state index contributed by atoms with van der Waals surface area (Å²) in [6.07, 6.45) is 1.47. The van der Waals surface area contributed by atoms with E-state index in [1.165, 1.54) is 4.90 Å². The number of carbonyl (C=O) groups excluding carboxylic acids is 2. The monoisotopic (exact) mass is 390 g/mol. The standard InChI is InChI=1S/C17H18N4O5S/c1-20-14-7-6-12(5-3-4-10-26-27(2,24)25)11-13(14)16(19-20)21-9-8-15(22)18-17(21)23/h6-7,11H,4,8-10H2,1-2H3,(H,18,22,23). The van der Waals surface area contributed by atoms with Gasteiger partial charge in [-0.05, 0) is 18.2 Å². The summed E-state index contributed by atoms with van der Waals surface area (Å²) in [5.41, 5.74) is 1.52. The number of carbonyl (C=O) groups is 2. The third-order valence-corrected chi connectivity index (χ3v) is 4.49. The number of imide groups is 1. The molecule has 0 aliphatic carbocycles. The van der Waals surface area contributed by atoms with Gasteiger partial charge in [-0.2, -0.15) is 13.5 Å². The predicted octanol–water partition coefficient (Wildman–Crippen LogP) is 0.737. The molecule has 142 valence electrons. The van der Waals surface area contributed by atoms with Crippen molar-refractivity contribution in [2.24, 2.45) is 7.05 Å². The van der Waals surface area contributed by atoms with Crippen LogP contribution in [0.3, 0.4) is 0 Å². The van der Waals surface area contributed by atoms with E-state index in [1.54, 1.807) is 11.7 Å². The van der Waals surface area contributed by atoms with Crippen LogP contribution in [0.25, 0.3) is 10.9 Å². The molecule has 1 aliphatic rings. The molecule has 10 heteroatoms. The number of urea groups is 1. The molecule has 1 aliphatic heterocycles. The number of amides is 3. The van der Waals surface area contributed by atoms with E-state index in [1.807, 2.05) is 18.2 Å². The first-order valence-corrected chi connectivity index (χ1v) is 9.97. The molecule has 1 saturated heterocycles. The highest BCUT2D eigenvalue weighted by atomic mass is 32.2. The number of hydrogen-bond donors (Lipinski definition) is 1. The van der Waals surface area contributed by atoms with Crippen molar-refractivity contribution in [1.82, 2.24) is 15.1 Å². The highest BCUT2D eigenvalue weighted by molar-refractivity contribution is 7.85. The maximum atomic E-state index is 12.1. The second-order valence-corrected chi connectivity index (χ2v) is 7.66. The second-order valence-electron chi connectivity index (χ2n) is 6.01. The highest BCUT2D eigenvalue weighted by Gasteiger charge is 2.27. The normalized spacial score (nSPS) is 14.8. The first-order chi connectivity index (χ1) is 12.7. The SMILES string of the molecule is Cn1nc(N2CCC(=O)NC2=O)c2cc(C#CCCOS(C)(=O)=O)ccc21. The largest absolute Gasteiger partial charge is 0.329 e. The summed E-state index contributed by atoms with van der Waals surface area (Å²) in [6, 6.07) is 4.97. The molecule has 1 fully saturated rings. The molecule has 1 N–H and O–H groups in total. The minimum atomic E-state index is -3.47. The molecule has 0 atom stereocenters. The summed E-state index contributed by atoms with van der Waals surface area (Å²) in [5.74, 6) is 5.95. The third kappa shape index (κ3) is 4.45. The first-order valence-electron chi connectivity index (χ1n) is 8.16. The number of anilines is 1. The lowest BCUT2D eigenvalue weighted by Crippen LogP contribution is -2.49. The molecule has 9 nitrogen and oxygen atoms in total. The molecule has 0 unspecified atom stereocenters. The predicted molar refractivity (Wildman–Crippen MR) is 98.5 cm³/mol. The van der Waals surface area contributed by atoms with Crippen molar-refractivity contribution in [2.75, 3.05) is 24.3 Å².